The van der Waals surface area contributed by atoms with Crippen LogP contribution >= 0.6 is 0 Å². The van der Waals surface area contributed by atoms with Gasteiger partial charge in [0.05, 0.1) is 13.2 Å². The van der Waals surface area contributed by atoms with E-state index in [1.807, 2.05) is 32.0 Å². The van der Waals surface area contributed by atoms with E-state index in [9.17, 15) is 4.79 Å². The van der Waals surface area contributed by atoms with Crippen molar-refractivity contribution < 1.29 is 9.53 Å². The Kier molecular flexibility index (Phi) is 6.81. The minimum atomic E-state index is -0.178. The molecule has 0 radical (unpaired) electrons. The Labute approximate surface area is 146 Å². The number of amides is 1. The van der Waals surface area contributed by atoms with Crippen molar-refractivity contribution in [1.82, 2.24) is 9.80 Å². The molecule has 0 spiro atoms. The van der Waals surface area contributed by atoms with Gasteiger partial charge in [0.1, 0.15) is 6.04 Å². The van der Waals surface area contributed by atoms with E-state index in [0.717, 1.165) is 38.0 Å². The molecule has 0 saturated carbocycles. The summed E-state index contributed by atoms with van der Waals surface area (Å²) in [6.45, 7) is 12.3. The van der Waals surface area contributed by atoms with E-state index in [1.165, 1.54) is 0 Å². The van der Waals surface area contributed by atoms with E-state index in [4.69, 9.17) is 4.74 Å². The number of ether oxygens (including phenoxy) is 1. The van der Waals surface area contributed by atoms with Crippen LogP contribution in [0.2, 0.25) is 0 Å². The lowest BCUT2D eigenvalue weighted by atomic mass is 9.98. The Bertz CT molecular complexity index is 510. The largest absolute Gasteiger partial charge is 0.379 e. The number of hydrogen-bond acceptors (Lipinski definition) is 3. The molecule has 3 rings (SSSR count). The van der Waals surface area contributed by atoms with E-state index >= 15 is 0 Å². The SMILES string of the molecule is CC.CC1(C)CCCN1C(=O)[C@H](c1ccccc1)N1CCOCC1. The summed E-state index contributed by atoms with van der Waals surface area (Å²) < 4.78 is 5.47. The molecule has 2 saturated heterocycles. The number of likely N-dealkylation sites (tertiary alicyclic amines) is 1. The van der Waals surface area contributed by atoms with E-state index in [0.29, 0.717) is 13.2 Å². The van der Waals surface area contributed by atoms with Gasteiger partial charge in [0, 0.05) is 25.2 Å². The van der Waals surface area contributed by atoms with E-state index in [1.54, 1.807) is 0 Å². The van der Waals surface area contributed by atoms with Crippen molar-refractivity contribution in [2.45, 2.75) is 52.1 Å². The Balaban J connectivity index is 0.00000100. The number of rotatable bonds is 3. The van der Waals surface area contributed by atoms with Gasteiger partial charge < -0.3 is 9.64 Å². The van der Waals surface area contributed by atoms with Crippen LogP contribution in [0.5, 0.6) is 0 Å². The molecule has 0 bridgehead atoms. The Morgan fingerprint density at radius 3 is 2.25 bits per heavy atom. The maximum absolute atomic E-state index is 13.3. The molecule has 4 nitrogen and oxygen atoms in total. The van der Waals surface area contributed by atoms with Gasteiger partial charge in [-0.15, -0.1) is 0 Å². The van der Waals surface area contributed by atoms with E-state index in [2.05, 4.69) is 35.8 Å². The summed E-state index contributed by atoms with van der Waals surface area (Å²) in [6, 6.07) is 10.0. The normalized spacial score (nSPS) is 21.8. The average Bonchev–Trinajstić information content (AvgIpc) is 2.98. The molecule has 0 aliphatic carbocycles. The smallest absolute Gasteiger partial charge is 0.244 e. The van der Waals surface area contributed by atoms with Crippen LogP contribution in [0.25, 0.3) is 0 Å². The number of nitrogens with zero attached hydrogens (tertiary/aromatic N) is 2. The van der Waals surface area contributed by atoms with Crippen LogP contribution in [0.4, 0.5) is 0 Å². The minimum Gasteiger partial charge on any atom is -0.379 e. The van der Waals surface area contributed by atoms with Gasteiger partial charge in [0.25, 0.3) is 0 Å². The summed E-state index contributed by atoms with van der Waals surface area (Å²) in [5, 5.41) is 0. The van der Waals surface area contributed by atoms with Gasteiger partial charge in [-0.3, -0.25) is 9.69 Å². The Morgan fingerprint density at radius 2 is 1.71 bits per heavy atom. The first-order chi connectivity index (χ1) is 11.6. The highest BCUT2D eigenvalue weighted by Crippen LogP contribution is 2.33. The van der Waals surface area contributed by atoms with Gasteiger partial charge in [0.2, 0.25) is 5.91 Å². The van der Waals surface area contributed by atoms with Gasteiger partial charge in [-0.05, 0) is 32.3 Å². The standard InChI is InChI=1S/C18H26N2O2.C2H6/c1-18(2)9-6-10-20(18)17(21)16(15-7-4-3-5-8-15)19-11-13-22-14-12-19;1-2/h3-5,7-8,16H,6,9-14H2,1-2H3;1-2H3/t16-;/m0./s1. The number of benzene rings is 1. The molecule has 0 aromatic heterocycles. The van der Waals surface area contributed by atoms with Crippen LogP contribution in [-0.4, -0.2) is 54.1 Å². The summed E-state index contributed by atoms with van der Waals surface area (Å²) in [6.07, 6.45) is 2.19. The summed E-state index contributed by atoms with van der Waals surface area (Å²) in [5.74, 6) is 0.246. The third-order valence-corrected chi connectivity index (χ3v) is 4.93. The fourth-order valence-electron chi connectivity index (χ4n) is 3.64. The highest BCUT2D eigenvalue weighted by atomic mass is 16.5. The monoisotopic (exact) mass is 332 g/mol. The zero-order chi connectivity index (χ0) is 17.6. The molecule has 24 heavy (non-hydrogen) atoms. The molecule has 1 amide bonds. The molecule has 2 fully saturated rings. The van der Waals surface area contributed by atoms with Crippen molar-refractivity contribution in [2.75, 3.05) is 32.8 Å². The number of hydrogen-bond donors (Lipinski definition) is 0. The first kappa shape index (κ1) is 18.9. The molecular weight excluding hydrogens is 300 g/mol. The van der Waals surface area contributed by atoms with Gasteiger partial charge in [0.15, 0.2) is 0 Å². The van der Waals surface area contributed by atoms with Crippen LogP contribution in [0.3, 0.4) is 0 Å². The maximum atomic E-state index is 13.3. The lowest BCUT2D eigenvalue weighted by Crippen LogP contribution is -2.51. The molecule has 1 aromatic rings. The quantitative estimate of drug-likeness (QED) is 0.849. The molecule has 0 unspecified atom stereocenters. The van der Waals surface area contributed by atoms with Crippen molar-refractivity contribution in [3.05, 3.63) is 35.9 Å². The van der Waals surface area contributed by atoms with Gasteiger partial charge in [-0.1, -0.05) is 44.2 Å². The number of carbonyl (C=O) groups is 1. The second-order valence-electron chi connectivity index (χ2n) is 6.87. The first-order valence-electron chi connectivity index (χ1n) is 9.28. The lowest BCUT2D eigenvalue weighted by Gasteiger charge is -2.40. The van der Waals surface area contributed by atoms with Crippen LogP contribution in [0.1, 0.15) is 52.1 Å². The second-order valence-corrected chi connectivity index (χ2v) is 6.87. The molecule has 1 atom stereocenters. The highest BCUT2D eigenvalue weighted by Gasteiger charge is 2.40. The molecule has 2 heterocycles. The topological polar surface area (TPSA) is 32.8 Å². The average molecular weight is 332 g/mol. The van der Waals surface area contributed by atoms with E-state index in [-0.39, 0.29) is 17.5 Å². The number of carbonyl (C=O) groups excluding carboxylic acids is 1. The third kappa shape index (κ3) is 4.17. The first-order valence-corrected chi connectivity index (χ1v) is 9.28. The molecule has 2 aliphatic heterocycles. The van der Waals surface area contributed by atoms with Crippen LogP contribution < -0.4 is 0 Å². The van der Waals surface area contributed by atoms with Gasteiger partial charge in [-0.2, -0.15) is 0 Å². The lowest BCUT2D eigenvalue weighted by molar-refractivity contribution is -0.142. The molecule has 2 aliphatic rings. The zero-order valence-electron chi connectivity index (χ0n) is 15.6. The third-order valence-electron chi connectivity index (χ3n) is 4.93. The summed E-state index contributed by atoms with van der Waals surface area (Å²) >= 11 is 0. The summed E-state index contributed by atoms with van der Waals surface area (Å²) in [7, 11) is 0. The molecule has 134 valence electrons. The summed E-state index contributed by atoms with van der Waals surface area (Å²) in [5.41, 5.74) is 1.06. The minimum absolute atomic E-state index is 0.0313. The maximum Gasteiger partial charge on any atom is 0.244 e. The number of morpholine rings is 1. The molecule has 0 N–H and O–H groups in total. The summed E-state index contributed by atoms with van der Waals surface area (Å²) in [4.78, 5) is 17.7. The van der Waals surface area contributed by atoms with Crippen molar-refractivity contribution in [3.63, 3.8) is 0 Å². The second kappa shape index (κ2) is 8.63. The van der Waals surface area contributed by atoms with Crippen LogP contribution in [0, 0.1) is 0 Å². The van der Waals surface area contributed by atoms with Crippen molar-refractivity contribution in [1.29, 1.82) is 0 Å². The van der Waals surface area contributed by atoms with Crippen molar-refractivity contribution in [2.24, 2.45) is 0 Å². The zero-order valence-corrected chi connectivity index (χ0v) is 15.6. The molecule has 4 heteroatoms. The predicted octanol–water partition coefficient (Wildman–Crippen LogP) is 3.49. The van der Waals surface area contributed by atoms with Gasteiger partial charge in [-0.25, -0.2) is 0 Å². The van der Waals surface area contributed by atoms with Crippen molar-refractivity contribution in [3.8, 4) is 0 Å². The van der Waals surface area contributed by atoms with E-state index < -0.39 is 0 Å². The Hall–Kier alpha value is -1.39. The fraction of sp³-hybridized carbons (Fsp3) is 0.650. The Morgan fingerprint density at radius 1 is 1.08 bits per heavy atom. The molecular formula is C20H32N2O2. The van der Waals surface area contributed by atoms with Crippen LogP contribution in [0.15, 0.2) is 30.3 Å². The van der Waals surface area contributed by atoms with Crippen LogP contribution in [-0.2, 0) is 9.53 Å². The van der Waals surface area contributed by atoms with Gasteiger partial charge >= 0.3 is 0 Å². The van der Waals surface area contributed by atoms with Crippen molar-refractivity contribution >= 4 is 5.91 Å². The highest BCUT2D eigenvalue weighted by molar-refractivity contribution is 5.84. The fourth-order valence-corrected chi connectivity index (χ4v) is 3.64. The molecule has 1 aromatic carbocycles. The predicted molar refractivity (Wildman–Crippen MR) is 97.9 cm³/mol.